The van der Waals surface area contributed by atoms with Gasteiger partial charge in [-0.2, -0.15) is 0 Å². The summed E-state index contributed by atoms with van der Waals surface area (Å²) < 4.78 is 26.6. The van der Waals surface area contributed by atoms with Gasteiger partial charge in [-0.15, -0.1) is 0 Å². The van der Waals surface area contributed by atoms with Crippen LogP contribution in [0.3, 0.4) is 0 Å². The van der Waals surface area contributed by atoms with E-state index in [1.54, 1.807) is 60.7 Å². The smallest absolute Gasteiger partial charge is 0.291 e. The van der Waals surface area contributed by atoms with E-state index in [1.165, 1.54) is 15.9 Å². The van der Waals surface area contributed by atoms with E-state index in [-0.39, 0.29) is 36.1 Å². The predicted octanol–water partition coefficient (Wildman–Crippen LogP) is 5.30. The van der Waals surface area contributed by atoms with Gasteiger partial charge in [0.2, 0.25) is 5.76 Å². The first-order chi connectivity index (χ1) is 19.2. The molecule has 2 aliphatic heterocycles. The van der Waals surface area contributed by atoms with Crippen LogP contribution in [0.15, 0.2) is 75.9 Å². The summed E-state index contributed by atoms with van der Waals surface area (Å²) in [7, 11) is 0. The monoisotopic (exact) mass is 540 g/mol. The van der Waals surface area contributed by atoms with Crippen molar-refractivity contribution in [2.24, 2.45) is 0 Å². The van der Waals surface area contributed by atoms with Crippen molar-refractivity contribution in [1.82, 2.24) is 4.90 Å². The molecule has 0 fully saturated rings. The molecular weight excluding hydrogens is 511 g/mol. The SMILES string of the molecule is Cc1ccc2oc3c(c(=O)c2c1)[C@@]1(C(=O)N(Cc2ccccc2F)c2ccccc21)N(CCCOC(C)C)C3=O. The van der Waals surface area contributed by atoms with Gasteiger partial charge in [0, 0.05) is 24.3 Å². The summed E-state index contributed by atoms with van der Waals surface area (Å²) in [6.45, 7) is 6.16. The minimum absolute atomic E-state index is 0.00215. The van der Waals surface area contributed by atoms with Crippen molar-refractivity contribution in [3.63, 3.8) is 0 Å². The molecule has 204 valence electrons. The molecule has 0 bridgehead atoms. The molecule has 4 aromatic rings. The molecule has 40 heavy (non-hydrogen) atoms. The van der Waals surface area contributed by atoms with Gasteiger partial charge in [-0.05, 0) is 51.5 Å². The van der Waals surface area contributed by atoms with Gasteiger partial charge in [-0.3, -0.25) is 14.4 Å². The lowest BCUT2D eigenvalue weighted by atomic mass is 9.84. The topological polar surface area (TPSA) is 80.1 Å². The molecule has 2 amide bonds. The first kappa shape index (κ1) is 26.0. The molecule has 0 N–H and O–H groups in total. The van der Waals surface area contributed by atoms with Crippen molar-refractivity contribution in [2.45, 2.75) is 45.4 Å². The quantitative estimate of drug-likeness (QED) is 0.297. The minimum Gasteiger partial charge on any atom is -0.450 e. The maximum Gasteiger partial charge on any atom is 0.291 e. The standard InChI is InChI=1S/C32H29FN2O5/c1-19(2)39-16-8-15-35-30(37)29-27(28(36)22-17-20(3)13-14-26(22)40-29)32(35)23-10-5-7-12-25(23)34(31(32)38)18-21-9-4-6-11-24(21)33/h4-7,9-14,17,19H,8,15-16,18H2,1-3H3/t32-/m0/s1. The largest absolute Gasteiger partial charge is 0.450 e. The number of anilines is 1. The van der Waals surface area contributed by atoms with Crippen LogP contribution in [0.5, 0.6) is 0 Å². The number of benzene rings is 3. The molecule has 0 saturated carbocycles. The van der Waals surface area contributed by atoms with E-state index in [0.717, 1.165) is 5.56 Å². The molecule has 7 nitrogen and oxygen atoms in total. The van der Waals surface area contributed by atoms with E-state index in [4.69, 9.17) is 9.15 Å². The Bertz CT molecular complexity index is 1730. The first-order valence-electron chi connectivity index (χ1n) is 13.4. The zero-order chi connectivity index (χ0) is 28.2. The second kappa shape index (κ2) is 9.71. The molecule has 0 radical (unpaired) electrons. The number of amides is 2. The van der Waals surface area contributed by atoms with Gasteiger partial charge >= 0.3 is 0 Å². The lowest BCUT2D eigenvalue weighted by Gasteiger charge is -2.34. The summed E-state index contributed by atoms with van der Waals surface area (Å²) in [6.07, 6.45) is 0.442. The highest BCUT2D eigenvalue weighted by Gasteiger charge is 2.64. The fourth-order valence-corrected chi connectivity index (χ4v) is 5.90. The van der Waals surface area contributed by atoms with Crippen LogP contribution in [0.25, 0.3) is 11.0 Å². The molecule has 3 aromatic carbocycles. The maximum absolute atomic E-state index is 14.8. The molecule has 3 heterocycles. The lowest BCUT2D eigenvalue weighted by Crippen LogP contribution is -2.53. The number of carbonyl (C=O) groups is 2. The average molecular weight is 541 g/mol. The molecule has 0 unspecified atom stereocenters. The Morgan fingerprint density at radius 3 is 2.52 bits per heavy atom. The van der Waals surface area contributed by atoms with Gasteiger partial charge in [0.15, 0.2) is 11.0 Å². The van der Waals surface area contributed by atoms with Crippen LogP contribution in [0.2, 0.25) is 0 Å². The third-order valence-electron chi connectivity index (χ3n) is 7.65. The fraction of sp³-hybridized carbons (Fsp3) is 0.281. The predicted molar refractivity (Wildman–Crippen MR) is 149 cm³/mol. The first-order valence-corrected chi connectivity index (χ1v) is 13.4. The summed E-state index contributed by atoms with van der Waals surface area (Å²) in [6, 6.07) is 18.5. The number of fused-ring (bicyclic) bond motifs is 5. The Morgan fingerprint density at radius 2 is 1.75 bits per heavy atom. The third kappa shape index (κ3) is 3.78. The molecule has 8 heteroatoms. The number of aryl methyl sites for hydroxylation is 1. The molecule has 2 aliphatic rings. The number of hydrogen-bond acceptors (Lipinski definition) is 5. The number of hydrogen-bond donors (Lipinski definition) is 0. The van der Waals surface area contributed by atoms with Crippen LogP contribution >= 0.6 is 0 Å². The maximum atomic E-state index is 14.8. The summed E-state index contributed by atoms with van der Waals surface area (Å²) in [5.74, 6) is -1.61. The molecular formula is C32H29FN2O5. The van der Waals surface area contributed by atoms with E-state index in [1.807, 2.05) is 20.8 Å². The van der Waals surface area contributed by atoms with Gasteiger partial charge in [0.1, 0.15) is 11.4 Å². The number of ether oxygens (including phenoxy) is 1. The fourth-order valence-electron chi connectivity index (χ4n) is 5.90. The second-order valence-corrected chi connectivity index (χ2v) is 10.6. The highest BCUT2D eigenvalue weighted by atomic mass is 19.1. The third-order valence-corrected chi connectivity index (χ3v) is 7.65. The minimum atomic E-state index is -1.75. The zero-order valence-electron chi connectivity index (χ0n) is 22.6. The number of para-hydroxylation sites is 1. The van der Waals surface area contributed by atoms with Gasteiger partial charge in [-0.25, -0.2) is 4.39 Å². The van der Waals surface area contributed by atoms with Crippen LogP contribution in [0.4, 0.5) is 10.1 Å². The highest BCUT2D eigenvalue weighted by molar-refractivity contribution is 6.17. The number of nitrogens with zero attached hydrogens (tertiary/aromatic N) is 2. The Balaban J connectivity index is 1.58. The van der Waals surface area contributed by atoms with Crippen LogP contribution in [-0.4, -0.2) is 36.0 Å². The molecule has 0 saturated heterocycles. The molecule has 0 aliphatic carbocycles. The Hall–Kier alpha value is -4.30. The van der Waals surface area contributed by atoms with Crippen LogP contribution in [0.1, 0.15) is 53.1 Å². The highest BCUT2D eigenvalue weighted by Crippen LogP contribution is 2.53. The molecule has 1 atom stereocenters. The van der Waals surface area contributed by atoms with E-state index in [0.29, 0.717) is 35.2 Å². The second-order valence-electron chi connectivity index (χ2n) is 10.6. The summed E-state index contributed by atoms with van der Waals surface area (Å²) in [5, 5.41) is 0.300. The van der Waals surface area contributed by atoms with Crippen LogP contribution in [0, 0.1) is 12.7 Å². The van der Waals surface area contributed by atoms with Gasteiger partial charge in [0.25, 0.3) is 11.8 Å². The Labute approximate surface area is 230 Å². The average Bonchev–Trinajstić information content (AvgIpc) is 3.32. The lowest BCUT2D eigenvalue weighted by molar-refractivity contribution is -0.126. The van der Waals surface area contributed by atoms with Crippen molar-refractivity contribution >= 4 is 28.5 Å². The normalized spacial score (nSPS) is 17.9. The van der Waals surface area contributed by atoms with E-state index in [9.17, 15) is 18.8 Å². The number of rotatable bonds is 7. The van der Waals surface area contributed by atoms with Crippen molar-refractivity contribution in [3.05, 3.63) is 111 Å². The van der Waals surface area contributed by atoms with Gasteiger partial charge < -0.3 is 19.0 Å². The van der Waals surface area contributed by atoms with E-state index >= 15 is 0 Å². The van der Waals surface area contributed by atoms with Crippen molar-refractivity contribution < 1.29 is 23.1 Å². The Kier molecular flexibility index (Phi) is 6.30. The van der Waals surface area contributed by atoms with Crippen LogP contribution < -0.4 is 10.3 Å². The molecule has 1 spiro atoms. The van der Waals surface area contributed by atoms with Crippen molar-refractivity contribution in [1.29, 1.82) is 0 Å². The van der Waals surface area contributed by atoms with Crippen molar-refractivity contribution in [2.75, 3.05) is 18.1 Å². The number of carbonyl (C=O) groups excluding carboxylic acids is 2. The van der Waals surface area contributed by atoms with Gasteiger partial charge in [0.05, 0.1) is 29.3 Å². The summed E-state index contributed by atoms with van der Waals surface area (Å²) >= 11 is 0. The van der Waals surface area contributed by atoms with Crippen molar-refractivity contribution in [3.8, 4) is 0 Å². The summed E-state index contributed by atoms with van der Waals surface area (Å²) in [4.78, 5) is 45.9. The van der Waals surface area contributed by atoms with E-state index < -0.39 is 28.6 Å². The van der Waals surface area contributed by atoms with E-state index in [2.05, 4.69) is 0 Å². The molecule has 6 rings (SSSR count). The van der Waals surface area contributed by atoms with Crippen LogP contribution in [-0.2, 0) is 21.6 Å². The number of halogens is 1. The molecule has 1 aromatic heterocycles. The van der Waals surface area contributed by atoms with Gasteiger partial charge in [-0.1, -0.05) is 48.0 Å². The Morgan fingerprint density at radius 1 is 1.00 bits per heavy atom. The summed E-state index contributed by atoms with van der Waals surface area (Å²) in [5.41, 5.74) is 0.301. The zero-order valence-corrected chi connectivity index (χ0v) is 22.6.